The van der Waals surface area contributed by atoms with Gasteiger partial charge in [-0.1, -0.05) is 36.4 Å². The fourth-order valence-electron chi connectivity index (χ4n) is 1.97. The Morgan fingerprint density at radius 3 is 2.20 bits per heavy atom. The average Bonchev–Trinajstić information content (AvgIpc) is 2.45. The highest BCUT2D eigenvalue weighted by molar-refractivity contribution is 6.03. The highest BCUT2D eigenvalue weighted by Crippen LogP contribution is 2.26. The lowest BCUT2D eigenvalue weighted by Crippen LogP contribution is -2.05. The third kappa shape index (κ3) is 3.23. The molecule has 0 saturated heterocycles. The largest absolute Gasteiger partial charge is 0.508 e. The van der Waals surface area contributed by atoms with Crippen LogP contribution in [0.1, 0.15) is 23.2 Å². The van der Waals surface area contributed by atoms with Gasteiger partial charge in [0.2, 0.25) is 0 Å². The number of benzene rings is 2. The summed E-state index contributed by atoms with van der Waals surface area (Å²) in [5, 5.41) is 17.9. The van der Waals surface area contributed by atoms with Crippen LogP contribution in [0.4, 0.5) is 0 Å². The van der Waals surface area contributed by atoms with Crippen LogP contribution >= 0.6 is 0 Å². The van der Waals surface area contributed by atoms with E-state index in [1.165, 1.54) is 0 Å². The van der Waals surface area contributed by atoms with E-state index in [1.807, 2.05) is 6.07 Å². The van der Waals surface area contributed by atoms with Gasteiger partial charge in [0.15, 0.2) is 5.78 Å². The van der Waals surface area contributed by atoms with Gasteiger partial charge in [0.25, 0.3) is 0 Å². The van der Waals surface area contributed by atoms with Gasteiger partial charge in [-0.3, -0.25) is 9.59 Å². The number of aromatic hydroxyl groups is 1. The summed E-state index contributed by atoms with van der Waals surface area (Å²) in [4.78, 5) is 22.6. The lowest BCUT2D eigenvalue weighted by molar-refractivity contribution is -0.136. The van der Waals surface area contributed by atoms with Crippen LogP contribution < -0.4 is 0 Å². The molecule has 20 heavy (non-hydrogen) atoms. The number of ketones is 1. The van der Waals surface area contributed by atoms with Crippen LogP contribution in [0.25, 0.3) is 11.1 Å². The Morgan fingerprint density at radius 2 is 1.55 bits per heavy atom. The second-order valence-corrected chi connectivity index (χ2v) is 4.41. The summed E-state index contributed by atoms with van der Waals surface area (Å²) in [5.41, 5.74) is 2.05. The molecule has 4 nitrogen and oxygen atoms in total. The molecule has 0 aromatic heterocycles. The number of hydrogen-bond acceptors (Lipinski definition) is 3. The highest BCUT2D eigenvalue weighted by Gasteiger charge is 2.13. The maximum absolute atomic E-state index is 12.1. The van der Waals surface area contributed by atoms with Crippen molar-refractivity contribution in [3.8, 4) is 16.9 Å². The van der Waals surface area contributed by atoms with Crippen molar-refractivity contribution in [1.82, 2.24) is 0 Å². The summed E-state index contributed by atoms with van der Waals surface area (Å²) in [6.45, 7) is 0. The minimum absolute atomic E-state index is 0.0234. The number of hydrogen-bond donors (Lipinski definition) is 2. The van der Waals surface area contributed by atoms with Crippen molar-refractivity contribution in [2.75, 3.05) is 0 Å². The van der Waals surface area contributed by atoms with Crippen molar-refractivity contribution >= 4 is 11.8 Å². The SMILES string of the molecule is O=C(O)CCC(=O)c1ccccc1-c1ccc(O)cc1. The van der Waals surface area contributed by atoms with Crippen LogP contribution in [-0.2, 0) is 4.79 Å². The number of Topliss-reactive ketones (excluding diaryl/α,β-unsaturated/α-hetero) is 1. The van der Waals surface area contributed by atoms with Crippen molar-refractivity contribution in [2.45, 2.75) is 12.8 Å². The first-order valence-electron chi connectivity index (χ1n) is 6.21. The van der Waals surface area contributed by atoms with Gasteiger partial charge in [0, 0.05) is 12.0 Å². The van der Waals surface area contributed by atoms with Crippen molar-refractivity contribution in [2.24, 2.45) is 0 Å². The molecule has 2 aromatic carbocycles. The van der Waals surface area contributed by atoms with E-state index in [2.05, 4.69) is 0 Å². The molecule has 0 unspecified atom stereocenters. The predicted molar refractivity (Wildman–Crippen MR) is 74.7 cm³/mol. The van der Waals surface area contributed by atoms with Gasteiger partial charge in [-0.05, 0) is 23.3 Å². The molecule has 4 heteroatoms. The molecule has 0 amide bonds. The number of aliphatic carboxylic acids is 1. The highest BCUT2D eigenvalue weighted by atomic mass is 16.4. The Hall–Kier alpha value is -2.62. The van der Waals surface area contributed by atoms with E-state index in [-0.39, 0.29) is 24.4 Å². The molecule has 0 aliphatic carbocycles. The molecule has 0 radical (unpaired) electrons. The average molecular weight is 270 g/mol. The van der Waals surface area contributed by atoms with E-state index in [1.54, 1.807) is 42.5 Å². The van der Waals surface area contributed by atoms with Gasteiger partial charge in [0.05, 0.1) is 6.42 Å². The number of phenols is 1. The molecule has 0 heterocycles. The van der Waals surface area contributed by atoms with Crippen LogP contribution in [0, 0.1) is 0 Å². The third-order valence-corrected chi connectivity index (χ3v) is 2.97. The van der Waals surface area contributed by atoms with E-state index in [0.29, 0.717) is 5.56 Å². The standard InChI is InChI=1S/C16H14O4/c17-12-7-5-11(6-8-12)13-3-1-2-4-14(13)15(18)9-10-16(19)20/h1-8,17H,9-10H2,(H,19,20). The first-order valence-corrected chi connectivity index (χ1v) is 6.21. The molecule has 2 N–H and O–H groups in total. The normalized spacial score (nSPS) is 10.2. The first kappa shape index (κ1) is 13.8. The molecule has 0 atom stereocenters. The Morgan fingerprint density at radius 1 is 0.900 bits per heavy atom. The zero-order chi connectivity index (χ0) is 14.5. The van der Waals surface area contributed by atoms with Gasteiger partial charge in [0.1, 0.15) is 5.75 Å². The molecule has 0 bridgehead atoms. The molecular formula is C16H14O4. The van der Waals surface area contributed by atoms with Crippen molar-refractivity contribution in [3.05, 3.63) is 54.1 Å². The summed E-state index contributed by atoms with van der Waals surface area (Å²) in [6.07, 6.45) is -0.201. The second kappa shape index (κ2) is 6.02. The number of carbonyl (C=O) groups is 2. The number of carboxylic acids is 1. The minimum Gasteiger partial charge on any atom is -0.508 e. The van der Waals surface area contributed by atoms with Crippen LogP contribution in [0.5, 0.6) is 5.75 Å². The summed E-state index contributed by atoms with van der Waals surface area (Å²) in [6, 6.07) is 13.6. The molecule has 0 spiro atoms. The predicted octanol–water partition coefficient (Wildman–Crippen LogP) is 3.11. The molecule has 0 saturated carbocycles. The monoisotopic (exact) mass is 270 g/mol. The van der Waals surface area contributed by atoms with E-state index >= 15 is 0 Å². The maximum Gasteiger partial charge on any atom is 0.303 e. The number of carboxylic acid groups (broad SMARTS) is 1. The van der Waals surface area contributed by atoms with Crippen molar-refractivity contribution < 1.29 is 19.8 Å². The van der Waals surface area contributed by atoms with Crippen LogP contribution in [0.15, 0.2) is 48.5 Å². The van der Waals surface area contributed by atoms with E-state index < -0.39 is 5.97 Å². The van der Waals surface area contributed by atoms with E-state index in [4.69, 9.17) is 5.11 Å². The topological polar surface area (TPSA) is 74.6 Å². The number of phenolic OH excluding ortho intramolecular Hbond substituents is 1. The lowest BCUT2D eigenvalue weighted by Gasteiger charge is -2.08. The summed E-state index contributed by atoms with van der Waals surface area (Å²) in [5.74, 6) is -1.03. The fourth-order valence-corrected chi connectivity index (χ4v) is 1.97. The molecule has 0 aliphatic heterocycles. The molecule has 0 fully saturated rings. The summed E-state index contributed by atoms with van der Waals surface area (Å²) in [7, 11) is 0. The van der Waals surface area contributed by atoms with Gasteiger partial charge in [-0.25, -0.2) is 0 Å². The van der Waals surface area contributed by atoms with E-state index in [0.717, 1.165) is 11.1 Å². The maximum atomic E-state index is 12.1. The Kier molecular flexibility index (Phi) is 4.15. The van der Waals surface area contributed by atoms with E-state index in [9.17, 15) is 14.7 Å². The Bertz CT molecular complexity index is 629. The van der Waals surface area contributed by atoms with Crippen molar-refractivity contribution in [3.63, 3.8) is 0 Å². The first-order chi connectivity index (χ1) is 9.58. The van der Waals surface area contributed by atoms with Gasteiger partial charge in [-0.15, -0.1) is 0 Å². The fraction of sp³-hybridized carbons (Fsp3) is 0.125. The quantitative estimate of drug-likeness (QED) is 0.819. The summed E-state index contributed by atoms with van der Waals surface area (Å²) >= 11 is 0. The number of carbonyl (C=O) groups excluding carboxylic acids is 1. The molecule has 2 aromatic rings. The Balaban J connectivity index is 2.33. The van der Waals surface area contributed by atoms with Crippen LogP contribution in [-0.4, -0.2) is 22.0 Å². The van der Waals surface area contributed by atoms with Crippen LogP contribution in [0.2, 0.25) is 0 Å². The zero-order valence-electron chi connectivity index (χ0n) is 10.7. The Labute approximate surface area is 116 Å². The van der Waals surface area contributed by atoms with Crippen molar-refractivity contribution in [1.29, 1.82) is 0 Å². The zero-order valence-corrected chi connectivity index (χ0v) is 10.7. The molecule has 2 rings (SSSR count). The molecular weight excluding hydrogens is 256 g/mol. The van der Waals surface area contributed by atoms with Gasteiger partial charge >= 0.3 is 5.97 Å². The minimum atomic E-state index is -0.986. The van der Waals surface area contributed by atoms with Gasteiger partial charge < -0.3 is 10.2 Å². The smallest absolute Gasteiger partial charge is 0.303 e. The molecule has 0 aliphatic rings. The third-order valence-electron chi connectivity index (χ3n) is 2.97. The van der Waals surface area contributed by atoms with Crippen LogP contribution in [0.3, 0.4) is 0 Å². The lowest BCUT2D eigenvalue weighted by atomic mass is 9.95. The summed E-state index contributed by atoms with van der Waals surface area (Å²) < 4.78 is 0. The number of rotatable bonds is 5. The molecule has 102 valence electrons. The second-order valence-electron chi connectivity index (χ2n) is 4.41. The van der Waals surface area contributed by atoms with Gasteiger partial charge in [-0.2, -0.15) is 0 Å².